The maximum Gasteiger partial charge on any atom is 0.345 e. The number of carbonyl (C=O) groups is 1. The van der Waals surface area contributed by atoms with Gasteiger partial charge in [-0.15, -0.1) is 5.10 Å². The normalized spacial score (nSPS) is 10.5. The Morgan fingerprint density at radius 3 is 2.86 bits per heavy atom. The predicted octanol–water partition coefficient (Wildman–Crippen LogP) is 2.13. The quantitative estimate of drug-likeness (QED) is 0.657. The van der Waals surface area contributed by atoms with Crippen molar-refractivity contribution in [2.24, 2.45) is 7.05 Å². The van der Waals surface area contributed by atoms with Crippen LogP contribution in [-0.2, 0) is 13.6 Å². The lowest BCUT2D eigenvalue weighted by Gasteiger charge is -2.11. The lowest BCUT2D eigenvalue weighted by molar-refractivity contribution is 0.251. The fourth-order valence-corrected chi connectivity index (χ4v) is 2.77. The van der Waals surface area contributed by atoms with Crippen molar-refractivity contribution in [2.45, 2.75) is 6.54 Å². The molecular weight excluding hydrogens is 384 g/mol. The van der Waals surface area contributed by atoms with Crippen molar-refractivity contribution in [1.82, 2.24) is 24.6 Å². The van der Waals surface area contributed by atoms with Gasteiger partial charge >= 0.3 is 11.7 Å². The first-order valence-electron chi connectivity index (χ1n) is 8.42. The van der Waals surface area contributed by atoms with Crippen LogP contribution in [0.25, 0.3) is 11.4 Å². The third-order valence-corrected chi connectivity index (χ3v) is 4.21. The minimum absolute atomic E-state index is 0.206. The average molecular weight is 403 g/mol. The summed E-state index contributed by atoms with van der Waals surface area (Å²) in [5.41, 5.74) is 0.901. The molecule has 3 aromatic rings. The Hall–Kier alpha value is -3.33. The average Bonchev–Trinajstić information content (AvgIpc) is 2.97. The molecule has 2 heterocycles. The molecule has 10 heteroatoms. The first-order chi connectivity index (χ1) is 13.5. The monoisotopic (exact) mass is 402 g/mol. The number of rotatable bonds is 6. The summed E-state index contributed by atoms with van der Waals surface area (Å²) in [7, 11) is 3.14. The van der Waals surface area contributed by atoms with E-state index >= 15 is 0 Å². The van der Waals surface area contributed by atoms with E-state index in [0.29, 0.717) is 22.3 Å². The fraction of sp³-hybridized carbons (Fsp3) is 0.222. The Morgan fingerprint density at radius 1 is 1.32 bits per heavy atom. The molecule has 0 aliphatic carbocycles. The van der Waals surface area contributed by atoms with Crippen molar-refractivity contribution in [3.8, 4) is 17.1 Å². The van der Waals surface area contributed by atoms with Gasteiger partial charge in [-0.2, -0.15) is 0 Å². The highest BCUT2D eigenvalue weighted by molar-refractivity contribution is 6.31. The van der Waals surface area contributed by atoms with Gasteiger partial charge in [0.15, 0.2) is 5.82 Å². The van der Waals surface area contributed by atoms with Crippen molar-refractivity contribution < 1.29 is 9.53 Å². The van der Waals surface area contributed by atoms with Crippen LogP contribution in [0, 0.1) is 0 Å². The van der Waals surface area contributed by atoms with Gasteiger partial charge in [0.05, 0.1) is 19.3 Å². The molecule has 28 heavy (non-hydrogen) atoms. The molecule has 0 saturated heterocycles. The molecule has 3 rings (SSSR count). The lowest BCUT2D eigenvalue weighted by atomic mass is 10.3. The van der Waals surface area contributed by atoms with Crippen molar-refractivity contribution in [3.05, 3.63) is 58.2 Å². The van der Waals surface area contributed by atoms with Crippen molar-refractivity contribution in [3.63, 3.8) is 0 Å². The van der Waals surface area contributed by atoms with Crippen molar-refractivity contribution in [1.29, 1.82) is 0 Å². The molecule has 0 atom stereocenters. The van der Waals surface area contributed by atoms with E-state index in [1.165, 1.54) is 16.4 Å². The minimum Gasteiger partial charge on any atom is -0.495 e. The highest BCUT2D eigenvalue weighted by Gasteiger charge is 2.13. The number of nitrogens with one attached hydrogen (secondary N) is 2. The van der Waals surface area contributed by atoms with Crippen molar-refractivity contribution in [2.75, 3.05) is 19.0 Å². The van der Waals surface area contributed by atoms with Gasteiger partial charge in [0, 0.05) is 36.6 Å². The second kappa shape index (κ2) is 8.57. The van der Waals surface area contributed by atoms with E-state index in [1.807, 2.05) is 6.07 Å². The van der Waals surface area contributed by atoms with Crippen LogP contribution in [0.2, 0.25) is 5.02 Å². The molecule has 0 aliphatic rings. The number of methoxy groups -OCH3 is 1. The number of halogens is 1. The summed E-state index contributed by atoms with van der Waals surface area (Å²) in [5.74, 6) is 0.993. The number of anilines is 1. The summed E-state index contributed by atoms with van der Waals surface area (Å²) in [5, 5.41) is 10.1. The number of benzene rings is 1. The number of hydrogen-bond donors (Lipinski definition) is 2. The van der Waals surface area contributed by atoms with E-state index in [0.717, 1.165) is 5.56 Å². The van der Waals surface area contributed by atoms with Crippen LogP contribution in [-0.4, -0.2) is 39.0 Å². The van der Waals surface area contributed by atoms with E-state index in [4.69, 9.17) is 16.3 Å². The van der Waals surface area contributed by atoms with Gasteiger partial charge < -0.3 is 15.4 Å². The maximum absolute atomic E-state index is 12.3. The zero-order chi connectivity index (χ0) is 20.1. The van der Waals surface area contributed by atoms with Crippen LogP contribution in [0.15, 0.2) is 47.5 Å². The highest BCUT2D eigenvalue weighted by atomic mass is 35.5. The van der Waals surface area contributed by atoms with Gasteiger partial charge in [-0.25, -0.2) is 14.3 Å². The van der Waals surface area contributed by atoms with E-state index in [9.17, 15) is 9.59 Å². The van der Waals surface area contributed by atoms with Gasteiger partial charge in [-0.05, 0) is 30.3 Å². The van der Waals surface area contributed by atoms with Gasteiger partial charge in [-0.3, -0.25) is 9.55 Å². The van der Waals surface area contributed by atoms with Crippen LogP contribution < -0.4 is 21.1 Å². The van der Waals surface area contributed by atoms with Crippen LogP contribution in [0.3, 0.4) is 0 Å². The first-order valence-corrected chi connectivity index (χ1v) is 8.80. The number of amides is 2. The molecule has 0 radical (unpaired) electrons. The molecule has 2 N–H and O–H groups in total. The Balaban J connectivity index is 1.62. The number of nitrogens with zero attached hydrogens (tertiary/aromatic N) is 4. The van der Waals surface area contributed by atoms with Gasteiger partial charge in [0.25, 0.3) is 0 Å². The minimum atomic E-state index is -0.447. The lowest BCUT2D eigenvalue weighted by Crippen LogP contribution is -2.34. The van der Waals surface area contributed by atoms with Gasteiger partial charge in [0.2, 0.25) is 0 Å². The summed E-state index contributed by atoms with van der Waals surface area (Å²) in [4.78, 5) is 28.5. The van der Waals surface area contributed by atoms with E-state index in [-0.39, 0.29) is 18.8 Å². The molecule has 146 valence electrons. The third-order valence-electron chi connectivity index (χ3n) is 3.98. The number of urea groups is 1. The number of ether oxygens (including phenoxy) is 1. The Morgan fingerprint density at radius 2 is 2.14 bits per heavy atom. The topological polar surface area (TPSA) is 103 Å². The summed E-state index contributed by atoms with van der Waals surface area (Å²) >= 11 is 5.95. The van der Waals surface area contributed by atoms with Crippen molar-refractivity contribution >= 4 is 23.3 Å². The molecule has 0 fully saturated rings. The molecule has 2 aromatic heterocycles. The standard InChI is InChI=1S/C18H19ClN6O3/c1-24-16(12-4-3-7-20-11-12)23-25(18(24)27)9-8-21-17(26)22-14-10-13(19)5-6-15(14)28-2/h3-7,10-11H,8-9H2,1-2H3,(H2,21,22,26). The SMILES string of the molecule is COc1ccc(Cl)cc1NC(=O)NCCn1nc(-c2cccnc2)n(C)c1=O. The Labute approximate surface area is 165 Å². The smallest absolute Gasteiger partial charge is 0.345 e. The molecule has 2 amide bonds. The van der Waals surface area contributed by atoms with Gasteiger partial charge in [0.1, 0.15) is 5.75 Å². The molecule has 0 unspecified atom stereocenters. The Bertz CT molecular complexity index is 1030. The molecule has 0 aliphatic heterocycles. The maximum atomic E-state index is 12.3. The first kappa shape index (κ1) is 19.4. The molecule has 0 bridgehead atoms. The largest absolute Gasteiger partial charge is 0.495 e. The van der Waals surface area contributed by atoms with Crippen LogP contribution in [0.5, 0.6) is 5.75 Å². The molecule has 9 nitrogen and oxygen atoms in total. The third kappa shape index (κ3) is 4.32. The predicted molar refractivity (Wildman–Crippen MR) is 106 cm³/mol. The van der Waals surface area contributed by atoms with E-state index in [2.05, 4.69) is 20.7 Å². The number of pyridine rings is 1. The molecule has 0 saturated carbocycles. The summed E-state index contributed by atoms with van der Waals surface area (Å²) in [6.07, 6.45) is 3.28. The summed E-state index contributed by atoms with van der Waals surface area (Å²) in [6, 6.07) is 8.06. The number of aromatic nitrogens is 4. The second-order valence-corrected chi connectivity index (χ2v) is 6.29. The van der Waals surface area contributed by atoms with E-state index < -0.39 is 6.03 Å². The number of hydrogen-bond acceptors (Lipinski definition) is 5. The second-order valence-electron chi connectivity index (χ2n) is 5.86. The summed E-state index contributed by atoms with van der Waals surface area (Å²) in [6.45, 7) is 0.422. The molecule has 1 aromatic carbocycles. The highest BCUT2D eigenvalue weighted by Crippen LogP contribution is 2.27. The Kier molecular flexibility index (Phi) is 5.95. The molecular formula is C18H19ClN6O3. The van der Waals surface area contributed by atoms with Crippen LogP contribution in [0.4, 0.5) is 10.5 Å². The summed E-state index contributed by atoms with van der Waals surface area (Å²) < 4.78 is 7.92. The van der Waals surface area contributed by atoms with E-state index in [1.54, 1.807) is 43.7 Å². The molecule has 0 spiro atoms. The van der Waals surface area contributed by atoms with Crippen LogP contribution >= 0.6 is 11.6 Å². The van der Waals surface area contributed by atoms with Crippen LogP contribution in [0.1, 0.15) is 0 Å². The fourth-order valence-electron chi connectivity index (χ4n) is 2.60. The zero-order valence-electron chi connectivity index (χ0n) is 15.3. The van der Waals surface area contributed by atoms with Gasteiger partial charge in [-0.1, -0.05) is 11.6 Å². The number of carbonyl (C=O) groups excluding carboxylic acids is 1. The zero-order valence-corrected chi connectivity index (χ0v) is 16.1.